The number of hydrogen-bond donors (Lipinski definition) is 2. The van der Waals surface area contributed by atoms with E-state index in [4.69, 9.17) is 4.74 Å². The zero-order valence-electron chi connectivity index (χ0n) is 17.4. The highest BCUT2D eigenvalue weighted by molar-refractivity contribution is 5.84. The maximum atomic E-state index is 14.0. The van der Waals surface area contributed by atoms with Crippen LogP contribution in [0, 0.1) is 5.82 Å². The van der Waals surface area contributed by atoms with Crippen molar-refractivity contribution in [2.75, 3.05) is 49.5 Å². The Balaban J connectivity index is 1.50. The molecule has 1 aliphatic heterocycles. The molecule has 162 valence electrons. The Bertz CT molecular complexity index is 825. The highest BCUT2D eigenvalue weighted by atomic mass is 19.1. The molecule has 0 spiro atoms. The van der Waals surface area contributed by atoms with Crippen LogP contribution in [0.1, 0.15) is 31.4 Å². The number of ether oxygens (including phenoxy) is 1. The summed E-state index contributed by atoms with van der Waals surface area (Å²) in [7, 11) is 0. The van der Waals surface area contributed by atoms with Crippen LogP contribution in [0.3, 0.4) is 0 Å². The van der Waals surface area contributed by atoms with Gasteiger partial charge in [-0.25, -0.2) is 9.18 Å². The topological polar surface area (TPSA) is 65.0 Å². The number of rotatable bonds is 8. The lowest BCUT2D eigenvalue weighted by Crippen LogP contribution is -2.47. The Morgan fingerprint density at radius 2 is 1.93 bits per heavy atom. The SMILES string of the molecule is CCCCOC(=O)Nc1cccc(C(O)CN2CCN(c3ccccc3F)CC2)c1. The first-order valence-corrected chi connectivity index (χ1v) is 10.5. The molecule has 30 heavy (non-hydrogen) atoms. The number of carbonyl (C=O) groups excluding carboxylic acids is 1. The van der Waals surface area contributed by atoms with Gasteiger partial charge in [-0.2, -0.15) is 0 Å². The fraction of sp³-hybridized carbons (Fsp3) is 0.435. The quantitative estimate of drug-likeness (QED) is 0.638. The second-order valence-corrected chi connectivity index (χ2v) is 7.49. The van der Waals surface area contributed by atoms with Crippen molar-refractivity contribution in [2.45, 2.75) is 25.9 Å². The first-order valence-electron chi connectivity index (χ1n) is 10.5. The summed E-state index contributed by atoms with van der Waals surface area (Å²) < 4.78 is 19.1. The maximum absolute atomic E-state index is 14.0. The second kappa shape index (κ2) is 10.9. The van der Waals surface area contributed by atoms with E-state index in [1.165, 1.54) is 6.07 Å². The molecule has 0 saturated carbocycles. The third-order valence-electron chi connectivity index (χ3n) is 5.25. The van der Waals surface area contributed by atoms with Gasteiger partial charge in [-0.15, -0.1) is 0 Å². The molecule has 1 aliphatic rings. The number of nitrogens with one attached hydrogen (secondary N) is 1. The van der Waals surface area contributed by atoms with Crippen molar-refractivity contribution in [1.82, 2.24) is 4.90 Å². The molecule has 0 aliphatic carbocycles. The summed E-state index contributed by atoms with van der Waals surface area (Å²) in [5.74, 6) is -0.205. The number of anilines is 2. The van der Waals surface area contributed by atoms with Crippen molar-refractivity contribution in [2.24, 2.45) is 0 Å². The molecule has 0 bridgehead atoms. The van der Waals surface area contributed by atoms with E-state index >= 15 is 0 Å². The molecule has 3 rings (SSSR count). The number of unbranched alkanes of at least 4 members (excludes halogenated alkanes) is 1. The highest BCUT2D eigenvalue weighted by Crippen LogP contribution is 2.22. The summed E-state index contributed by atoms with van der Waals surface area (Å²) in [5, 5.41) is 13.4. The molecule has 2 N–H and O–H groups in total. The summed E-state index contributed by atoms with van der Waals surface area (Å²) in [6.45, 7) is 5.81. The molecule has 1 atom stereocenters. The molecule has 2 aromatic carbocycles. The monoisotopic (exact) mass is 415 g/mol. The van der Waals surface area contributed by atoms with Crippen molar-refractivity contribution in [3.8, 4) is 0 Å². The molecule has 0 aromatic heterocycles. The molecule has 2 aromatic rings. The van der Waals surface area contributed by atoms with Crippen LogP contribution in [0.15, 0.2) is 48.5 Å². The van der Waals surface area contributed by atoms with Gasteiger partial charge in [0.25, 0.3) is 0 Å². The van der Waals surface area contributed by atoms with Crippen molar-refractivity contribution >= 4 is 17.5 Å². The fourth-order valence-corrected chi connectivity index (χ4v) is 3.52. The van der Waals surface area contributed by atoms with Crippen LogP contribution in [0.25, 0.3) is 0 Å². The van der Waals surface area contributed by atoms with Crippen LogP contribution in [0.2, 0.25) is 0 Å². The first kappa shape index (κ1) is 22.1. The minimum absolute atomic E-state index is 0.205. The van der Waals surface area contributed by atoms with Crippen molar-refractivity contribution in [3.63, 3.8) is 0 Å². The number of hydrogen-bond acceptors (Lipinski definition) is 5. The summed E-state index contributed by atoms with van der Waals surface area (Å²) in [6, 6.07) is 14.0. The number of carbonyl (C=O) groups is 1. The summed E-state index contributed by atoms with van der Waals surface area (Å²) in [5.41, 5.74) is 1.96. The van der Waals surface area contributed by atoms with Crippen molar-refractivity contribution in [1.29, 1.82) is 0 Å². The van der Waals surface area contributed by atoms with E-state index in [0.717, 1.165) is 31.5 Å². The van der Waals surface area contributed by atoms with E-state index in [2.05, 4.69) is 10.2 Å². The second-order valence-electron chi connectivity index (χ2n) is 7.49. The predicted molar refractivity (Wildman–Crippen MR) is 116 cm³/mol. The number of aliphatic hydroxyl groups is 1. The summed E-state index contributed by atoms with van der Waals surface area (Å²) >= 11 is 0. The van der Waals surface area contributed by atoms with Crippen LogP contribution in [0.4, 0.5) is 20.6 Å². The average Bonchev–Trinajstić information content (AvgIpc) is 2.75. The Kier molecular flexibility index (Phi) is 8.04. The van der Waals surface area contributed by atoms with Crippen LogP contribution in [0.5, 0.6) is 0 Å². The minimum atomic E-state index is -0.678. The summed E-state index contributed by atoms with van der Waals surface area (Å²) in [4.78, 5) is 16.0. The number of amides is 1. The van der Waals surface area contributed by atoms with Crippen LogP contribution in [-0.2, 0) is 4.74 Å². The molecule has 1 heterocycles. The molecule has 1 unspecified atom stereocenters. The van der Waals surface area contributed by atoms with Gasteiger partial charge in [-0.05, 0) is 36.2 Å². The molecule has 1 fully saturated rings. The van der Waals surface area contributed by atoms with Crippen LogP contribution in [-0.4, -0.2) is 55.4 Å². The molecule has 6 nitrogen and oxygen atoms in total. The lowest BCUT2D eigenvalue weighted by atomic mass is 10.1. The molecule has 1 amide bonds. The molecule has 7 heteroatoms. The minimum Gasteiger partial charge on any atom is -0.449 e. The van der Waals surface area contributed by atoms with E-state index in [1.54, 1.807) is 30.3 Å². The van der Waals surface area contributed by atoms with Gasteiger partial charge in [0.15, 0.2) is 0 Å². The lowest BCUT2D eigenvalue weighted by Gasteiger charge is -2.37. The van der Waals surface area contributed by atoms with Gasteiger partial charge in [0.05, 0.1) is 18.4 Å². The number of benzene rings is 2. The summed E-state index contributed by atoms with van der Waals surface area (Å²) in [6.07, 6.45) is 0.627. The maximum Gasteiger partial charge on any atom is 0.411 e. The third-order valence-corrected chi connectivity index (χ3v) is 5.25. The largest absolute Gasteiger partial charge is 0.449 e. The van der Waals surface area contributed by atoms with Crippen molar-refractivity contribution < 1.29 is 19.0 Å². The number of piperazine rings is 1. The predicted octanol–water partition coefficient (Wildman–Crippen LogP) is 4.03. The number of para-hydroxylation sites is 1. The lowest BCUT2D eigenvalue weighted by molar-refractivity contribution is 0.109. The van der Waals surface area contributed by atoms with Gasteiger partial charge in [-0.1, -0.05) is 37.6 Å². The first-order chi connectivity index (χ1) is 14.6. The van der Waals surface area contributed by atoms with E-state index in [9.17, 15) is 14.3 Å². The van der Waals surface area contributed by atoms with Crippen molar-refractivity contribution in [3.05, 3.63) is 59.9 Å². The van der Waals surface area contributed by atoms with E-state index in [1.807, 2.05) is 24.0 Å². The number of aliphatic hydroxyl groups excluding tert-OH is 1. The average molecular weight is 416 g/mol. The van der Waals surface area contributed by atoms with Gasteiger partial charge in [0.1, 0.15) is 5.82 Å². The van der Waals surface area contributed by atoms with E-state index < -0.39 is 12.2 Å². The number of halogens is 1. The normalized spacial score (nSPS) is 15.6. The van der Waals surface area contributed by atoms with Crippen LogP contribution >= 0.6 is 0 Å². The van der Waals surface area contributed by atoms with Gasteiger partial charge >= 0.3 is 6.09 Å². The van der Waals surface area contributed by atoms with E-state index in [0.29, 0.717) is 37.6 Å². The van der Waals surface area contributed by atoms with Gasteiger partial charge < -0.3 is 14.7 Å². The Labute approximate surface area is 177 Å². The zero-order valence-corrected chi connectivity index (χ0v) is 17.4. The molecular weight excluding hydrogens is 385 g/mol. The van der Waals surface area contributed by atoms with Gasteiger partial charge in [0.2, 0.25) is 0 Å². The smallest absolute Gasteiger partial charge is 0.411 e. The zero-order chi connectivity index (χ0) is 21.3. The van der Waals surface area contributed by atoms with Crippen LogP contribution < -0.4 is 10.2 Å². The number of β-amino-alcohol motifs (C(OH)–C–C–N with tert-alkyl or cyclic N) is 1. The number of nitrogens with zero attached hydrogens (tertiary/aromatic N) is 2. The van der Waals surface area contributed by atoms with Gasteiger partial charge in [0, 0.05) is 38.4 Å². The molecule has 0 radical (unpaired) electrons. The molecule has 1 saturated heterocycles. The highest BCUT2D eigenvalue weighted by Gasteiger charge is 2.21. The standard InChI is InChI=1S/C23H30FN3O3/c1-2-3-15-30-23(29)25-19-8-6-7-18(16-19)22(28)17-26-11-13-27(14-12-26)21-10-5-4-9-20(21)24/h4-10,16,22,28H,2-3,11-15,17H2,1H3,(H,25,29). The Morgan fingerprint density at radius 1 is 1.17 bits per heavy atom. The molecular formula is C23H30FN3O3. The van der Waals surface area contributed by atoms with E-state index in [-0.39, 0.29) is 5.82 Å². The van der Waals surface area contributed by atoms with Gasteiger partial charge in [-0.3, -0.25) is 10.2 Å². The third kappa shape index (κ3) is 6.18. The Hall–Kier alpha value is -2.64. The Morgan fingerprint density at radius 3 is 2.67 bits per heavy atom. The fourth-order valence-electron chi connectivity index (χ4n) is 3.52.